The van der Waals surface area contributed by atoms with Gasteiger partial charge in [-0.05, 0) is 31.2 Å². The van der Waals surface area contributed by atoms with Crippen LogP contribution < -0.4 is 4.74 Å². The van der Waals surface area contributed by atoms with Crippen LogP contribution in [0.2, 0.25) is 0 Å². The van der Waals surface area contributed by atoms with Crippen molar-refractivity contribution < 1.29 is 9.53 Å². The predicted octanol–water partition coefficient (Wildman–Crippen LogP) is 3.71. The highest BCUT2D eigenvalue weighted by molar-refractivity contribution is 5.96. The molecular formula is C17H15NO2. The summed E-state index contributed by atoms with van der Waals surface area (Å²) in [5.41, 5.74) is 2.55. The number of esters is 1. The second kappa shape index (κ2) is 4.85. The topological polar surface area (TPSA) is 31.2 Å². The second-order valence-corrected chi connectivity index (χ2v) is 4.75. The summed E-state index contributed by atoms with van der Waals surface area (Å²) in [5.74, 6) is 0.307. The number of hydrogen-bond acceptors (Lipinski definition) is 2. The molecule has 1 heterocycles. The standard InChI is InChI=1S/C17H15NO2/c1-12-16(14-10-6-7-11-15(14)18(12)2)20-17(19)13-8-4-3-5-9-13/h3-11H,1-2H3. The zero-order chi connectivity index (χ0) is 14.1. The first-order valence-electron chi connectivity index (χ1n) is 6.49. The summed E-state index contributed by atoms with van der Waals surface area (Å²) < 4.78 is 7.64. The van der Waals surface area contributed by atoms with E-state index in [0.29, 0.717) is 11.3 Å². The SMILES string of the molecule is Cc1c(OC(=O)c2ccccc2)c2ccccc2n1C. The average Bonchev–Trinajstić information content (AvgIpc) is 2.74. The van der Waals surface area contributed by atoms with Crippen molar-refractivity contribution in [1.29, 1.82) is 0 Å². The molecule has 100 valence electrons. The predicted molar refractivity (Wildman–Crippen MR) is 79.1 cm³/mol. The van der Waals surface area contributed by atoms with Gasteiger partial charge in [0.25, 0.3) is 0 Å². The first-order valence-corrected chi connectivity index (χ1v) is 6.49. The molecular weight excluding hydrogens is 250 g/mol. The highest BCUT2D eigenvalue weighted by Crippen LogP contribution is 2.32. The van der Waals surface area contributed by atoms with Crippen LogP contribution in [-0.4, -0.2) is 10.5 Å². The fourth-order valence-electron chi connectivity index (χ4n) is 2.34. The summed E-state index contributed by atoms with van der Waals surface area (Å²) >= 11 is 0. The lowest BCUT2D eigenvalue weighted by molar-refractivity contribution is 0.0735. The molecule has 3 rings (SSSR count). The number of nitrogens with zero attached hydrogens (tertiary/aromatic N) is 1. The molecule has 0 N–H and O–H groups in total. The van der Waals surface area contributed by atoms with Crippen LogP contribution in [0, 0.1) is 6.92 Å². The van der Waals surface area contributed by atoms with Gasteiger partial charge in [0, 0.05) is 12.4 Å². The minimum atomic E-state index is -0.329. The number of rotatable bonds is 2. The van der Waals surface area contributed by atoms with Crippen LogP contribution in [-0.2, 0) is 7.05 Å². The molecule has 20 heavy (non-hydrogen) atoms. The summed E-state index contributed by atoms with van der Waals surface area (Å²) in [6.45, 7) is 1.95. The van der Waals surface area contributed by atoms with Crippen molar-refractivity contribution in [2.24, 2.45) is 7.05 Å². The molecule has 0 fully saturated rings. The molecule has 0 spiro atoms. The number of carbonyl (C=O) groups excluding carboxylic acids is 1. The minimum absolute atomic E-state index is 0.329. The van der Waals surface area contributed by atoms with E-state index < -0.39 is 0 Å². The van der Waals surface area contributed by atoms with Crippen molar-refractivity contribution in [3.05, 3.63) is 65.9 Å². The Morgan fingerprint density at radius 1 is 1.00 bits per heavy atom. The number of para-hydroxylation sites is 1. The molecule has 0 bridgehead atoms. The van der Waals surface area contributed by atoms with Gasteiger partial charge in [-0.1, -0.05) is 30.3 Å². The van der Waals surface area contributed by atoms with Crippen LogP contribution >= 0.6 is 0 Å². The van der Waals surface area contributed by atoms with Gasteiger partial charge >= 0.3 is 5.97 Å². The molecule has 0 aliphatic heterocycles. The van der Waals surface area contributed by atoms with E-state index >= 15 is 0 Å². The lowest BCUT2D eigenvalue weighted by atomic mass is 10.2. The maximum Gasteiger partial charge on any atom is 0.343 e. The Morgan fingerprint density at radius 3 is 2.40 bits per heavy atom. The zero-order valence-corrected chi connectivity index (χ0v) is 11.5. The summed E-state index contributed by atoms with van der Waals surface area (Å²) in [7, 11) is 1.97. The number of ether oxygens (including phenoxy) is 1. The molecule has 0 aliphatic carbocycles. The van der Waals surface area contributed by atoms with Crippen LogP contribution in [0.4, 0.5) is 0 Å². The third kappa shape index (κ3) is 1.97. The second-order valence-electron chi connectivity index (χ2n) is 4.75. The molecule has 0 saturated heterocycles. The van der Waals surface area contributed by atoms with Gasteiger partial charge in [-0.15, -0.1) is 0 Å². The van der Waals surface area contributed by atoms with Gasteiger partial charge in [-0.3, -0.25) is 0 Å². The molecule has 3 heteroatoms. The first-order chi connectivity index (χ1) is 9.68. The number of hydrogen-bond donors (Lipinski definition) is 0. The number of benzene rings is 2. The van der Waals surface area contributed by atoms with E-state index in [1.165, 1.54) is 0 Å². The molecule has 0 saturated carbocycles. The Morgan fingerprint density at radius 2 is 1.65 bits per heavy atom. The van der Waals surface area contributed by atoms with Gasteiger partial charge in [0.2, 0.25) is 0 Å². The number of aromatic nitrogens is 1. The Bertz CT molecular complexity index is 772. The van der Waals surface area contributed by atoms with Crippen LogP contribution in [0.25, 0.3) is 10.9 Å². The normalized spacial score (nSPS) is 10.7. The monoisotopic (exact) mass is 265 g/mol. The summed E-state index contributed by atoms with van der Waals surface area (Å²) in [6, 6.07) is 16.9. The van der Waals surface area contributed by atoms with Crippen molar-refractivity contribution in [3.63, 3.8) is 0 Å². The smallest absolute Gasteiger partial charge is 0.343 e. The maximum absolute atomic E-state index is 12.2. The number of fused-ring (bicyclic) bond motifs is 1. The van der Waals surface area contributed by atoms with E-state index in [2.05, 4.69) is 0 Å². The Kier molecular flexibility index (Phi) is 3.03. The summed E-state index contributed by atoms with van der Waals surface area (Å²) in [6.07, 6.45) is 0. The van der Waals surface area contributed by atoms with Crippen molar-refractivity contribution in [1.82, 2.24) is 4.57 Å². The highest BCUT2D eigenvalue weighted by Gasteiger charge is 2.16. The van der Waals surface area contributed by atoms with Crippen LogP contribution in [0.5, 0.6) is 5.75 Å². The first kappa shape index (κ1) is 12.5. The summed E-state index contributed by atoms with van der Waals surface area (Å²) in [4.78, 5) is 12.2. The van der Waals surface area contributed by atoms with E-state index in [-0.39, 0.29) is 5.97 Å². The quantitative estimate of drug-likeness (QED) is 0.661. The highest BCUT2D eigenvalue weighted by atomic mass is 16.5. The van der Waals surface area contributed by atoms with Crippen molar-refractivity contribution in [3.8, 4) is 5.75 Å². The largest absolute Gasteiger partial charge is 0.420 e. The minimum Gasteiger partial charge on any atom is -0.420 e. The molecule has 0 amide bonds. The molecule has 0 aliphatic rings. The Balaban J connectivity index is 2.04. The lowest BCUT2D eigenvalue weighted by Gasteiger charge is -2.05. The molecule has 3 nitrogen and oxygen atoms in total. The van der Waals surface area contributed by atoms with E-state index in [1.807, 2.05) is 61.0 Å². The third-order valence-electron chi connectivity index (χ3n) is 3.55. The summed E-state index contributed by atoms with van der Waals surface area (Å²) in [5, 5.41) is 0.955. The van der Waals surface area contributed by atoms with Crippen molar-refractivity contribution in [2.45, 2.75) is 6.92 Å². The number of carbonyl (C=O) groups is 1. The average molecular weight is 265 g/mol. The number of aryl methyl sites for hydroxylation is 1. The molecule has 2 aromatic carbocycles. The van der Waals surface area contributed by atoms with E-state index in [1.54, 1.807) is 12.1 Å². The van der Waals surface area contributed by atoms with Crippen LogP contribution in [0.1, 0.15) is 16.1 Å². The molecule has 3 aromatic rings. The van der Waals surface area contributed by atoms with Gasteiger partial charge in [-0.25, -0.2) is 4.79 Å². The molecule has 0 atom stereocenters. The molecule has 0 unspecified atom stereocenters. The lowest BCUT2D eigenvalue weighted by Crippen LogP contribution is -2.08. The maximum atomic E-state index is 12.2. The van der Waals surface area contributed by atoms with Crippen LogP contribution in [0.3, 0.4) is 0 Å². The Labute approximate surface area is 117 Å². The van der Waals surface area contributed by atoms with E-state index in [9.17, 15) is 4.79 Å². The van der Waals surface area contributed by atoms with Gasteiger partial charge in [0.05, 0.1) is 16.8 Å². The van der Waals surface area contributed by atoms with Gasteiger partial charge in [0.15, 0.2) is 5.75 Å². The van der Waals surface area contributed by atoms with Crippen LogP contribution in [0.15, 0.2) is 54.6 Å². The van der Waals surface area contributed by atoms with Gasteiger partial charge in [0.1, 0.15) is 0 Å². The van der Waals surface area contributed by atoms with Crippen molar-refractivity contribution in [2.75, 3.05) is 0 Å². The van der Waals surface area contributed by atoms with Gasteiger partial charge < -0.3 is 9.30 Å². The van der Waals surface area contributed by atoms with Gasteiger partial charge in [-0.2, -0.15) is 0 Å². The molecule has 0 radical (unpaired) electrons. The fraction of sp³-hybridized carbons (Fsp3) is 0.118. The van der Waals surface area contributed by atoms with E-state index in [4.69, 9.17) is 4.74 Å². The fourth-order valence-corrected chi connectivity index (χ4v) is 2.34. The third-order valence-corrected chi connectivity index (χ3v) is 3.55. The van der Waals surface area contributed by atoms with Crippen molar-refractivity contribution >= 4 is 16.9 Å². The van der Waals surface area contributed by atoms with E-state index in [0.717, 1.165) is 16.6 Å². The molecule has 1 aromatic heterocycles. The Hall–Kier alpha value is -2.55. The zero-order valence-electron chi connectivity index (χ0n) is 11.5.